The lowest BCUT2D eigenvalue weighted by Gasteiger charge is -2.21. The van der Waals surface area contributed by atoms with Crippen molar-refractivity contribution in [1.82, 2.24) is 5.32 Å². The molecule has 0 bridgehead atoms. The molecule has 1 heterocycles. The van der Waals surface area contributed by atoms with Crippen molar-refractivity contribution in [3.05, 3.63) is 0 Å². The van der Waals surface area contributed by atoms with Crippen LogP contribution in [0, 0.1) is 11.8 Å². The van der Waals surface area contributed by atoms with E-state index in [1.165, 1.54) is 0 Å². The first-order valence-electron chi connectivity index (χ1n) is 6.10. The van der Waals surface area contributed by atoms with Gasteiger partial charge >= 0.3 is 5.97 Å². The van der Waals surface area contributed by atoms with Gasteiger partial charge in [-0.15, -0.1) is 0 Å². The zero-order chi connectivity index (χ0) is 13.0. The fraction of sp³-hybridized carbons (Fsp3) is 0.833. The van der Waals surface area contributed by atoms with Gasteiger partial charge in [0.1, 0.15) is 6.04 Å². The van der Waals surface area contributed by atoms with E-state index >= 15 is 0 Å². The van der Waals surface area contributed by atoms with E-state index in [4.69, 9.17) is 9.84 Å². The van der Waals surface area contributed by atoms with Crippen LogP contribution in [0.2, 0.25) is 0 Å². The summed E-state index contributed by atoms with van der Waals surface area (Å²) in [7, 11) is 0. The SMILES string of the molecule is CC[C@H](C)[C@H](NC(=O)C1COC(C)C1)C(=O)O. The summed E-state index contributed by atoms with van der Waals surface area (Å²) < 4.78 is 5.31. The lowest BCUT2D eigenvalue weighted by Crippen LogP contribution is -2.47. The molecule has 1 amide bonds. The normalized spacial score (nSPS) is 27.5. The summed E-state index contributed by atoms with van der Waals surface area (Å²) in [6.07, 6.45) is 1.46. The Morgan fingerprint density at radius 3 is 2.59 bits per heavy atom. The number of carbonyl (C=O) groups is 2. The number of carbonyl (C=O) groups excluding carboxylic acids is 1. The number of nitrogens with one attached hydrogen (secondary N) is 1. The molecule has 0 aromatic rings. The maximum absolute atomic E-state index is 11.9. The van der Waals surface area contributed by atoms with E-state index in [1.807, 2.05) is 20.8 Å². The van der Waals surface area contributed by atoms with Crippen LogP contribution in [-0.2, 0) is 14.3 Å². The Bertz CT molecular complexity index is 292. The minimum atomic E-state index is -0.973. The molecule has 5 heteroatoms. The maximum atomic E-state index is 11.9. The van der Waals surface area contributed by atoms with Gasteiger partial charge in [-0.25, -0.2) is 4.79 Å². The minimum absolute atomic E-state index is 0.0730. The van der Waals surface area contributed by atoms with Gasteiger partial charge in [0.2, 0.25) is 5.91 Å². The van der Waals surface area contributed by atoms with Crippen LogP contribution in [0.25, 0.3) is 0 Å². The quantitative estimate of drug-likeness (QED) is 0.756. The van der Waals surface area contributed by atoms with Crippen LogP contribution >= 0.6 is 0 Å². The Morgan fingerprint density at radius 2 is 2.18 bits per heavy atom. The highest BCUT2D eigenvalue weighted by Crippen LogP contribution is 2.20. The predicted octanol–water partition coefficient (Wildman–Crippen LogP) is 1.03. The highest BCUT2D eigenvalue weighted by molar-refractivity contribution is 5.85. The number of rotatable bonds is 5. The zero-order valence-corrected chi connectivity index (χ0v) is 10.6. The second kappa shape index (κ2) is 6.00. The summed E-state index contributed by atoms with van der Waals surface area (Å²) in [5, 5.41) is 11.7. The number of carboxylic acid groups (broad SMARTS) is 1. The van der Waals surface area contributed by atoms with Crippen molar-refractivity contribution in [3.8, 4) is 0 Å². The molecule has 5 nitrogen and oxygen atoms in total. The summed E-state index contributed by atoms with van der Waals surface area (Å²) in [6.45, 7) is 6.04. The molecule has 1 aliphatic rings. The standard InChI is InChI=1S/C12H21NO4/c1-4-7(2)10(12(15)16)13-11(14)9-5-8(3)17-6-9/h7-10H,4-6H2,1-3H3,(H,13,14)(H,15,16)/t7-,8?,9?,10-/m0/s1. The lowest BCUT2D eigenvalue weighted by molar-refractivity contribution is -0.144. The average Bonchev–Trinajstić information content (AvgIpc) is 2.71. The predicted molar refractivity (Wildman–Crippen MR) is 62.5 cm³/mol. The van der Waals surface area contributed by atoms with Crippen LogP contribution in [0.4, 0.5) is 0 Å². The van der Waals surface area contributed by atoms with E-state index in [9.17, 15) is 9.59 Å². The average molecular weight is 243 g/mol. The third-order valence-electron chi connectivity index (χ3n) is 3.35. The van der Waals surface area contributed by atoms with Gasteiger partial charge in [0, 0.05) is 0 Å². The van der Waals surface area contributed by atoms with Gasteiger partial charge < -0.3 is 15.2 Å². The van der Waals surface area contributed by atoms with Gasteiger partial charge in [-0.05, 0) is 19.3 Å². The smallest absolute Gasteiger partial charge is 0.326 e. The second-order valence-corrected chi connectivity index (χ2v) is 4.79. The third kappa shape index (κ3) is 3.70. The largest absolute Gasteiger partial charge is 0.480 e. The summed E-state index contributed by atoms with van der Waals surface area (Å²) in [5.41, 5.74) is 0. The Balaban J connectivity index is 2.55. The van der Waals surface area contributed by atoms with E-state index in [1.54, 1.807) is 0 Å². The van der Waals surface area contributed by atoms with Crippen molar-refractivity contribution in [3.63, 3.8) is 0 Å². The first kappa shape index (κ1) is 14.0. The molecular formula is C12H21NO4. The zero-order valence-electron chi connectivity index (χ0n) is 10.6. The number of carboxylic acids is 1. The molecule has 1 fully saturated rings. The topological polar surface area (TPSA) is 75.6 Å². The monoisotopic (exact) mass is 243 g/mol. The first-order chi connectivity index (χ1) is 7.95. The van der Waals surface area contributed by atoms with Crippen LogP contribution < -0.4 is 5.32 Å². The Labute approximate surface area is 102 Å². The molecule has 98 valence electrons. The molecule has 0 spiro atoms. The van der Waals surface area contributed by atoms with Crippen molar-refractivity contribution >= 4 is 11.9 Å². The van der Waals surface area contributed by atoms with E-state index in [2.05, 4.69) is 5.32 Å². The van der Waals surface area contributed by atoms with E-state index < -0.39 is 12.0 Å². The molecule has 2 unspecified atom stereocenters. The van der Waals surface area contributed by atoms with E-state index in [0.717, 1.165) is 6.42 Å². The molecule has 1 rings (SSSR count). The van der Waals surface area contributed by atoms with Crippen LogP contribution in [0.15, 0.2) is 0 Å². The van der Waals surface area contributed by atoms with Crippen molar-refractivity contribution in [1.29, 1.82) is 0 Å². The third-order valence-corrected chi connectivity index (χ3v) is 3.35. The number of ether oxygens (including phenoxy) is 1. The second-order valence-electron chi connectivity index (χ2n) is 4.79. The molecule has 4 atom stereocenters. The maximum Gasteiger partial charge on any atom is 0.326 e. The number of hydrogen-bond donors (Lipinski definition) is 2. The van der Waals surface area contributed by atoms with Gasteiger partial charge in [0.25, 0.3) is 0 Å². The minimum Gasteiger partial charge on any atom is -0.480 e. The molecule has 1 saturated heterocycles. The van der Waals surface area contributed by atoms with Crippen molar-refractivity contribution in [2.24, 2.45) is 11.8 Å². The van der Waals surface area contributed by atoms with Crippen molar-refractivity contribution in [2.45, 2.75) is 45.8 Å². The summed E-state index contributed by atoms with van der Waals surface area (Å²) >= 11 is 0. The molecule has 1 aliphatic heterocycles. The van der Waals surface area contributed by atoms with E-state index in [-0.39, 0.29) is 23.8 Å². The molecule has 17 heavy (non-hydrogen) atoms. The van der Waals surface area contributed by atoms with Crippen LogP contribution in [-0.4, -0.2) is 35.7 Å². The van der Waals surface area contributed by atoms with Crippen LogP contribution in [0.5, 0.6) is 0 Å². The Hall–Kier alpha value is -1.10. The van der Waals surface area contributed by atoms with Gasteiger partial charge in [0.05, 0.1) is 18.6 Å². The molecular weight excluding hydrogens is 222 g/mol. The number of hydrogen-bond acceptors (Lipinski definition) is 3. The fourth-order valence-corrected chi connectivity index (χ4v) is 1.95. The lowest BCUT2D eigenvalue weighted by atomic mass is 9.97. The van der Waals surface area contributed by atoms with Gasteiger partial charge in [-0.1, -0.05) is 20.3 Å². The molecule has 0 aromatic carbocycles. The first-order valence-corrected chi connectivity index (χ1v) is 6.10. The molecule has 0 radical (unpaired) electrons. The van der Waals surface area contributed by atoms with Gasteiger partial charge in [-0.2, -0.15) is 0 Å². The van der Waals surface area contributed by atoms with Gasteiger partial charge in [-0.3, -0.25) is 4.79 Å². The van der Waals surface area contributed by atoms with E-state index in [0.29, 0.717) is 13.0 Å². The van der Waals surface area contributed by atoms with Gasteiger partial charge in [0.15, 0.2) is 0 Å². The highest BCUT2D eigenvalue weighted by atomic mass is 16.5. The van der Waals surface area contributed by atoms with Crippen molar-refractivity contribution < 1.29 is 19.4 Å². The number of amides is 1. The summed E-state index contributed by atoms with van der Waals surface area (Å²) in [6, 6.07) is -0.802. The van der Waals surface area contributed by atoms with Crippen LogP contribution in [0.3, 0.4) is 0 Å². The highest BCUT2D eigenvalue weighted by Gasteiger charge is 2.32. The molecule has 2 N–H and O–H groups in total. The molecule has 0 aromatic heterocycles. The summed E-state index contributed by atoms with van der Waals surface area (Å²) in [5.74, 6) is -1.46. The Kier molecular flexibility index (Phi) is 4.93. The molecule has 0 saturated carbocycles. The fourth-order valence-electron chi connectivity index (χ4n) is 1.95. The number of aliphatic carboxylic acids is 1. The summed E-state index contributed by atoms with van der Waals surface area (Å²) in [4.78, 5) is 22.9. The molecule has 0 aliphatic carbocycles. The van der Waals surface area contributed by atoms with Crippen molar-refractivity contribution in [2.75, 3.05) is 6.61 Å². The Morgan fingerprint density at radius 1 is 1.53 bits per heavy atom. The van der Waals surface area contributed by atoms with Crippen LogP contribution in [0.1, 0.15) is 33.6 Å².